The topological polar surface area (TPSA) is 38.7 Å². The van der Waals surface area contributed by atoms with E-state index in [1.807, 2.05) is 6.92 Å². The van der Waals surface area contributed by atoms with Gasteiger partial charge in [-0.05, 0) is 32.0 Å². The monoisotopic (exact) mass is 236 g/mol. The molecule has 0 saturated heterocycles. The zero-order valence-electron chi connectivity index (χ0n) is 10.9. The molecule has 1 atom stereocenters. The van der Waals surface area contributed by atoms with Gasteiger partial charge in [0.05, 0.1) is 19.8 Å². The van der Waals surface area contributed by atoms with Gasteiger partial charge in [-0.1, -0.05) is 5.57 Å². The predicted molar refractivity (Wildman–Crippen MR) is 68.5 cm³/mol. The van der Waals surface area contributed by atoms with Crippen LogP contribution < -0.4 is 9.47 Å². The Hall–Kier alpha value is -1.48. The summed E-state index contributed by atoms with van der Waals surface area (Å²) in [5.41, 5.74) is 0.619. The van der Waals surface area contributed by atoms with Gasteiger partial charge in [0.2, 0.25) is 0 Å². The minimum Gasteiger partial charge on any atom is -0.497 e. The molecule has 1 N–H and O–H groups in total. The van der Waals surface area contributed by atoms with Crippen LogP contribution in [0.25, 0.3) is 0 Å². The van der Waals surface area contributed by atoms with Crippen molar-refractivity contribution in [1.29, 1.82) is 0 Å². The molecule has 0 amide bonds. The van der Waals surface area contributed by atoms with Crippen LogP contribution in [0.5, 0.6) is 11.5 Å². The van der Waals surface area contributed by atoms with Crippen molar-refractivity contribution in [2.75, 3.05) is 14.2 Å². The molecule has 0 radical (unpaired) electrons. The van der Waals surface area contributed by atoms with Crippen molar-refractivity contribution in [3.05, 3.63) is 35.9 Å². The molecule has 0 fully saturated rings. The maximum absolute atomic E-state index is 10.5. The molecule has 94 valence electrons. The van der Waals surface area contributed by atoms with E-state index in [9.17, 15) is 5.11 Å². The first kappa shape index (κ1) is 13.6. The van der Waals surface area contributed by atoms with E-state index < -0.39 is 5.60 Å². The Balaban J connectivity index is 3.21. The zero-order valence-corrected chi connectivity index (χ0v) is 10.9. The lowest BCUT2D eigenvalue weighted by atomic mass is 9.89. The minimum absolute atomic E-state index is 0.483. The molecular weight excluding hydrogens is 216 g/mol. The fourth-order valence-corrected chi connectivity index (χ4v) is 1.92. The van der Waals surface area contributed by atoms with Gasteiger partial charge in [-0.3, -0.25) is 0 Å². The summed E-state index contributed by atoms with van der Waals surface area (Å²) in [4.78, 5) is 0. The molecular formula is C14H20O3. The van der Waals surface area contributed by atoms with Crippen LogP contribution in [0, 0.1) is 0 Å². The molecule has 17 heavy (non-hydrogen) atoms. The first-order chi connectivity index (χ1) is 7.90. The second kappa shape index (κ2) is 5.23. The van der Waals surface area contributed by atoms with Crippen LogP contribution in [0.4, 0.5) is 0 Å². The Morgan fingerprint density at radius 1 is 1.35 bits per heavy atom. The van der Waals surface area contributed by atoms with Crippen molar-refractivity contribution in [1.82, 2.24) is 0 Å². The molecule has 1 aromatic rings. The Morgan fingerprint density at radius 3 is 2.47 bits per heavy atom. The van der Waals surface area contributed by atoms with Crippen LogP contribution in [0.2, 0.25) is 0 Å². The first-order valence-electron chi connectivity index (χ1n) is 5.50. The van der Waals surface area contributed by atoms with Gasteiger partial charge < -0.3 is 14.6 Å². The van der Waals surface area contributed by atoms with Gasteiger partial charge in [0, 0.05) is 12.0 Å². The van der Waals surface area contributed by atoms with Gasteiger partial charge in [0.1, 0.15) is 11.5 Å². The van der Waals surface area contributed by atoms with E-state index in [1.54, 1.807) is 39.3 Å². The number of hydrogen-bond donors (Lipinski definition) is 1. The van der Waals surface area contributed by atoms with E-state index in [2.05, 4.69) is 6.58 Å². The number of methoxy groups -OCH3 is 2. The SMILES string of the molecule is C=C(C)CC(C)(O)c1cc(OC)ccc1OC. The lowest BCUT2D eigenvalue weighted by Crippen LogP contribution is -2.22. The van der Waals surface area contributed by atoms with Gasteiger partial charge in [-0.25, -0.2) is 0 Å². The molecule has 0 heterocycles. The third-order valence-corrected chi connectivity index (χ3v) is 2.63. The van der Waals surface area contributed by atoms with Crippen molar-refractivity contribution in [3.63, 3.8) is 0 Å². The van der Waals surface area contributed by atoms with Gasteiger partial charge in [0.15, 0.2) is 0 Å². The molecule has 0 bridgehead atoms. The molecule has 1 aromatic carbocycles. The lowest BCUT2D eigenvalue weighted by Gasteiger charge is -2.26. The molecule has 0 aromatic heterocycles. The zero-order chi connectivity index (χ0) is 13.1. The van der Waals surface area contributed by atoms with E-state index >= 15 is 0 Å². The highest BCUT2D eigenvalue weighted by molar-refractivity contribution is 5.44. The van der Waals surface area contributed by atoms with E-state index in [0.29, 0.717) is 23.5 Å². The molecule has 1 unspecified atom stereocenters. The summed E-state index contributed by atoms with van der Waals surface area (Å²) in [5, 5.41) is 10.5. The maximum Gasteiger partial charge on any atom is 0.125 e. The molecule has 3 heteroatoms. The van der Waals surface area contributed by atoms with Crippen LogP contribution in [0.15, 0.2) is 30.4 Å². The third-order valence-electron chi connectivity index (χ3n) is 2.63. The second-order valence-electron chi connectivity index (χ2n) is 4.47. The number of benzene rings is 1. The van der Waals surface area contributed by atoms with E-state index in [-0.39, 0.29) is 0 Å². The molecule has 0 aliphatic rings. The predicted octanol–water partition coefficient (Wildman–Crippen LogP) is 2.88. The summed E-state index contributed by atoms with van der Waals surface area (Å²) in [6.45, 7) is 7.47. The van der Waals surface area contributed by atoms with Crippen molar-refractivity contribution in [2.24, 2.45) is 0 Å². The molecule has 1 rings (SSSR count). The summed E-state index contributed by atoms with van der Waals surface area (Å²) in [5.74, 6) is 1.35. The van der Waals surface area contributed by atoms with Crippen molar-refractivity contribution < 1.29 is 14.6 Å². The number of aliphatic hydroxyl groups is 1. The second-order valence-corrected chi connectivity index (χ2v) is 4.47. The van der Waals surface area contributed by atoms with Crippen molar-refractivity contribution in [3.8, 4) is 11.5 Å². The van der Waals surface area contributed by atoms with Gasteiger partial charge in [-0.15, -0.1) is 6.58 Å². The quantitative estimate of drug-likeness (QED) is 0.799. The Kier molecular flexibility index (Phi) is 4.18. The summed E-state index contributed by atoms with van der Waals surface area (Å²) < 4.78 is 10.4. The van der Waals surface area contributed by atoms with Crippen LogP contribution in [-0.2, 0) is 5.60 Å². The Morgan fingerprint density at radius 2 is 2.00 bits per heavy atom. The summed E-state index contributed by atoms with van der Waals surface area (Å²) >= 11 is 0. The van der Waals surface area contributed by atoms with Crippen LogP contribution in [0.1, 0.15) is 25.8 Å². The summed E-state index contributed by atoms with van der Waals surface area (Å²) in [6.07, 6.45) is 0.483. The lowest BCUT2D eigenvalue weighted by molar-refractivity contribution is 0.0549. The minimum atomic E-state index is -1.01. The smallest absolute Gasteiger partial charge is 0.125 e. The van der Waals surface area contributed by atoms with Crippen LogP contribution in [0.3, 0.4) is 0 Å². The molecule has 0 aliphatic heterocycles. The van der Waals surface area contributed by atoms with E-state index in [1.165, 1.54) is 0 Å². The molecule has 0 aliphatic carbocycles. The third kappa shape index (κ3) is 3.24. The van der Waals surface area contributed by atoms with Crippen molar-refractivity contribution >= 4 is 0 Å². The summed E-state index contributed by atoms with van der Waals surface area (Å²) in [7, 11) is 3.18. The number of hydrogen-bond acceptors (Lipinski definition) is 3. The van der Waals surface area contributed by atoms with Gasteiger partial charge in [-0.2, -0.15) is 0 Å². The highest BCUT2D eigenvalue weighted by Crippen LogP contribution is 2.36. The standard InChI is InChI=1S/C14H20O3/c1-10(2)9-14(3,15)12-8-11(16-4)6-7-13(12)17-5/h6-8,15H,1,9H2,2-5H3. The molecule has 3 nitrogen and oxygen atoms in total. The summed E-state index contributed by atoms with van der Waals surface area (Å²) in [6, 6.07) is 5.39. The first-order valence-corrected chi connectivity index (χ1v) is 5.50. The van der Waals surface area contributed by atoms with Gasteiger partial charge in [0.25, 0.3) is 0 Å². The fourth-order valence-electron chi connectivity index (χ4n) is 1.92. The Bertz CT molecular complexity index is 408. The number of rotatable bonds is 5. The normalized spacial score (nSPS) is 13.9. The number of ether oxygens (including phenoxy) is 2. The fraction of sp³-hybridized carbons (Fsp3) is 0.429. The van der Waals surface area contributed by atoms with Crippen LogP contribution in [-0.4, -0.2) is 19.3 Å². The molecule has 0 saturated carbocycles. The highest BCUT2D eigenvalue weighted by atomic mass is 16.5. The van der Waals surface area contributed by atoms with Gasteiger partial charge >= 0.3 is 0 Å². The van der Waals surface area contributed by atoms with E-state index in [0.717, 1.165) is 5.57 Å². The Labute approximate surface area is 103 Å². The largest absolute Gasteiger partial charge is 0.497 e. The average molecular weight is 236 g/mol. The highest BCUT2D eigenvalue weighted by Gasteiger charge is 2.27. The maximum atomic E-state index is 10.5. The van der Waals surface area contributed by atoms with E-state index in [4.69, 9.17) is 9.47 Å². The van der Waals surface area contributed by atoms with Crippen LogP contribution >= 0.6 is 0 Å². The van der Waals surface area contributed by atoms with Crippen molar-refractivity contribution in [2.45, 2.75) is 25.9 Å². The molecule has 0 spiro atoms. The average Bonchev–Trinajstić information content (AvgIpc) is 2.26.